The molecule has 30 heavy (non-hydrogen) atoms. The summed E-state index contributed by atoms with van der Waals surface area (Å²) < 4.78 is 5.63. The fraction of sp³-hybridized carbons (Fsp3) is 0.250. The Balaban J connectivity index is 2.11. The predicted molar refractivity (Wildman–Crippen MR) is 116 cm³/mol. The van der Waals surface area contributed by atoms with Crippen molar-refractivity contribution in [3.8, 4) is 5.75 Å². The Morgan fingerprint density at radius 3 is 2.57 bits per heavy atom. The van der Waals surface area contributed by atoms with Gasteiger partial charge in [-0.3, -0.25) is 9.59 Å². The van der Waals surface area contributed by atoms with E-state index >= 15 is 0 Å². The summed E-state index contributed by atoms with van der Waals surface area (Å²) in [5.41, 5.74) is 1.28. The van der Waals surface area contributed by atoms with E-state index in [1.165, 1.54) is 4.90 Å². The first-order chi connectivity index (χ1) is 14.4. The molecule has 156 valence electrons. The Kier molecular flexibility index (Phi) is 6.69. The second-order valence-electron chi connectivity index (χ2n) is 7.33. The molecule has 3 rings (SSSR count). The van der Waals surface area contributed by atoms with E-state index in [1.807, 2.05) is 37.2 Å². The molecule has 0 unspecified atom stereocenters. The van der Waals surface area contributed by atoms with Gasteiger partial charge in [0.05, 0.1) is 11.6 Å². The number of Topliss-reactive ketones (excluding diaryl/α,β-unsaturated/α-hetero) is 1. The molecule has 2 aromatic carbocycles. The third kappa shape index (κ3) is 4.44. The number of hydrogen-bond donors (Lipinski definition) is 1. The molecule has 2 aromatic rings. The van der Waals surface area contributed by atoms with E-state index in [1.54, 1.807) is 42.5 Å². The second-order valence-corrected chi connectivity index (χ2v) is 7.33. The van der Waals surface area contributed by atoms with Crippen molar-refractivity contribution in [3.05, 3.63) is 84.0 Å². The van der Waals surface area contributed by atoms with Gasteiger partial charge in [-0.2, -0.15) is 0 Å². The number of ether oxygens (including phenoxy) is 1. The highest BCUT2D eigenvalue weighted by molar-refractivity contribution is 6.46. The zero-order chi connectivity index (χ0) is 21.7. The van der Waals surface area contributed by atoms with Crippen LogP contribution >= 0.6 is 0 Å². The topological polar surface area (TPSA) is 70.1 Å². The van der Waals surface area contributed by atoms with Crippen LogP contribution in [0.15, 0.2) is 72.8 Å². The van der Waals surface area contributed by atoms with Crippen molar-refractivity contribution in [2.24, 2.45) is 0 Å². The van der Waals surface area contributed by atoms with Crippen LogP contribution in [0, 0.1) is 0 Å². The highest BCUT2D eigenvalue weighted by atomic mass is 16.5. The number of likely N-dealkylation sites (tertiary alicyclic amines) is 1. The van der Waals surface area contributed by atoms with Crippen LogP contribution in [0.25, 0.3) is 5.76 Å². The lowest BCUT2D eigenvalue weighted by molar-refractivity contribution is -0.140. The molecule has 1 heterocycles. The average Bonchev–Trinajstić information content (AvgIpc) is 3.01. The van der Waals surface area contributed by atoms with Gasteiger partial charge in [0, 0.05) is 18.7 Å². The van der Waals surface area contributed by atoms with Gasteiger partial charge >= 0.3 is 0 Å². The number of likely N-dealkylation sites (N-methyl/N-ethyl adjacent to an activating group) is 1. The molecule has 1 aliphatic rings. The summed E-state index contributed by atoms with van der Waals surface area (Å²) in [6.07, 6.45) is 1.64. The molecule has 0 aromatic heterocycles. The van der Waals surface area contributed by atoms with Crippen LogP contribution in [0.2, 0.25) is 0 Å². The van der Waals surface area contributed by atoms with E-state index in [-0.39, 0.29) is 11.3 Å². The van der Waals surface area contributed by atoms with Crippen molar-refractivity contribution in [2.45, 2.75) is 6.04 Å². The van der Waals surface area contributed by atoms with Crippen LogP contribution in [-0.4, -0.2) is 60.4 Å². The second kappa shape index (κ2) is 9.41. The van der Waals surface area contributed by atoms with E-state index in [9.17, 15) is 14.7 Å². The molecule has 0 saturated carbocycles. The minimum atomic E-state index is -0.697. The van der Waals surface area contributed by atoms with Crippen molar-refractivity contribution in [1.29, 1.82) is 0 Å². The van der Waals surface area contributed by atoms with Gasteiger partial charge in [-0.15, -0.1) is 0 Å². The van der Waals surface area contributed by atoms with Gasteiger partial charge in [0.15, 0.2) is 0 Å². The lowest BCUT2D eigenvalue weighted by Gasteiger charge is -2.26. The Morgan fingerprint density at radius 1 is 1.17 bits per heavy atom. The molecule has 6 heteroatoms. The third-order valence-electron chi connectivity index (χ3n) is 4.92. The number of rotatable bonds is 8. The maximum absolute atomic E-state index is 12.9. The molecule has 0 spiro atoms. The number of benzene rings is 2. The summed E-state index contributed by atoms with van der Waals surface area (Å²) in [7, 11) is 3.80. The molecule has 1 atom stereocenters. The summed E-state index contributed by atoms with van der Waals surface area (Å²) in [6.45, 7) is 4.93. The van der Waals surface area contributed by atoms with E-state index in [0.717, 1.165) is 0 Å². The Hall–Kier alpha value is -3.38. The van der Waals surface area contributed by atoms with Crippen LogP contribution in [0.3, 0.4) is 0 Å². The van der Waals surface area contributed by atoms with Gasteiger partial charge in [-0.1, -0.05) is 55.1 Å². The molecule has 1 saturated heterocycles. The van der Waals surface area contributed by atoms with Gasteiger partial charge in [0.1, 0.15) is 18.1 Å². The van der Waals surface area contributed by atoms with E-state index in [4.69, 9.17) is 4.74 Å². The van der Waals surface area contributed by atoms with E-state index in [2.05, 4.69) is 6.58 Å². The average molecular weight is 406 g/mol. The van der Waals surface area contributed by atoms with Crippen LogP contribution in [0.4, 0.5) is 0 Å². The van der Waals surface area contributed by atoms with Crippen LogP contribution in [-0.2, 0) is 9.59 Å². The Labute approximate surface area is 176 Å². The van der Waals surface area contributed by atoms with Crippen LogP contribution in [0.1, 0.15) is 17.2 Å². The number of carbonyl (C=O) groups is 2. The Bertz CT molecular complexity index is 966. The van der Waals surface area contributed by atoms with E-state index < -0.39 is 17.7 Å². The van der Waals surface area contributed by atoms with Gasteiger partial charge in [0.2, 0.25) is 0 Å². The first kappa shape index (κ1) is 21.3. The zero-order valence-electron chi connectivity index (χ0n) is 17.2. The molecule has 6 nitrogen and oxygen atoms in total. The molecule has 0 aliphatic carbocycles. The van der Waals surface area contributed by atoms with Gasteiger partial charge in [-0.25, -0.2) is 0 Å². The highest BCUT2D eigenvalue weighted by Gasteiger charge is 2.45. The summed E-state index contributed by atoms with van der Waals surface area (Å²) in [5, 5.41) is 11.0. The summed E-state index contributed by atoms with van der Waals surface area (Å²) in [6, 6.07) is 15.3. The zero-order valence-corrected chi connectivity index (χ0v) is 17.2. The number of hydrogen-bond acceptors (Lipinski definition) is 5. The molecular weight excluding hydrogens is 380 g/mol. The quantitative estimate of drug-likeness (QED) is 0.315. The van der Waals surface area contributed by atoms with Crippen molar-refractivity contribution in [3.63, 3.8) is 0 Å². The molecule has 0 radical (unpaired) electrons. The van der Waals surface area contributed by atoms with Crippen molar-refractivity contribution >= 4 is 17.4 Å². The fourth-order valence-corrected chi connectivity index (χ4v) is 3.45. The van der Waals surface area contributed by atoms with Crippen molar-refractivity contribution in [1.82, 2.24) is 9.80 Å². The maximum atomic E-state index is 12.9. The standard InChI is InChI=1S/C24H26N2O4/c1-4-15-30-19-12-8-11-18(16-19)21-20(22(27)17-9-6-5-7-10-17)23(28)24(29)26(21)14-13-25(2)3/h4-12,16,21,27H,1,13-15H2,2-3H3/t21-/m1/s1. The molecule has 1 amide bonds. The molecule has 1 N–H and O–H groups in total. The van der Waals surface area contributed by atoms with Crippen molar-refractivity contribution in [2.75, 3.05) is 33.8 Å². The number of amides is 1. The molecular formula is C24H26N2O4. The van der Waals surface area contributed by atoms with Crippen molar-refractivity contribution < 1.29 is 19.4 Å². The largest absolute Gasteiger partial charge is 0.507 e. The number of nitrogens with zero attached hydrogens (tertiary/aromatic N) is 2. The fourth-order valence-electron chi connectivity index (χ4n) is 3.45. The van der Waals surface area contributed by atoms with E-state index in [0.29, 0.717) is 36.6 Å². The molecule has 1 aliphatic heterocycles. The third-order valence-corrected chi connectivity index (χ3v) is 4.92. The van der Waals surface area contributed by atoms with Gasteiger partial charge < -0.3 is 19.6 Å². The van der Waals surface area contributed by atoms with Gasteiger partial charge in [0.25, 0.3) is 11.7 Å². The number of aliphatic hydroxyl groups is 1. The lowest BCUT2D eigenvalue weighted by atomic mass is 9.95. The first-order valence-electron chi connectivity index (χ1n) is 9.76. The predicted octanol–water partition coefficient (Wildman–Crippen LogP) is 3.23. The minimum Gasteiger partial charge on any atom is -0.507 e. The van der Waals surface area contributed by atoms with Crippen LogP contribution < -0.4 is 4.74 Å². The SMILES string of the molecule is C=CCOc1cccc([C@@H]2C(=C(O)c3ccccc3)C(=O)C(=O)N2CCN(C)C)c1. The number of aliphatic hydroxyl groups excluding tert-OH is 1. The number of carbonyl (C=O) groups excluding carboxylic acids is 2. The first-order valence-corrected chi connectivity index (χ1v) is 9.76. The normalized spacial score (nSPS) is 18.1. The minimum absolute atomic E-state index is 0.0887. The molecule has 0 bridgehead atoms. The summed E-state index contributed by atoms with van der Waals surface area (Å²) in [5.74, 6) is -0.872. The highest BCUT2D eigenvalue weighted by Crippen LogP contribution is 2.40. The summed E-state index contributed by atoms with van der Waals surface area (Å²) in [4.78, 5) is 29.3. The maximum Gasteiger partial charge on any atom is 0.295 e. The number of ketones is 1. The smallest absolute Gasteiger partial charge is 0.295 e. The Morgan fingerprint density at radius 2 is 1.90 bits per heavy atom. The van der Waals surface area contributed by atoms with Gasteiger partial charge in [-0.05, 0) is 31.8 Å². The van der Waals surface area contributed by atoms with Crippen LogP contribution in [0.5, 0.6) is 5.75 Å². The molecule has 1 fully saturated rings. The lowest BCUT2D eigenvalue weighted by Crippen LogP contribution is -2.35. The summed E-state index contributed by atoms with van der Waals surface area (Å²) >= 11 is 0. The monoisotopic (exact) mass is 406 g/mol.